The van der Waals surface area contributed by atoms with Gasteiger partial charge in [-0.25, -0.2) is 8.42 Å². The van der Waals surface area contributed by atoms with E-state index in [2.05, 4.69) is 5.32 Å². The van der Waals surface area contributed by atoms with Crippen molar-refractivity contribution in [2.24, 2.45) is 0 Å². The van der Waals surface area contributed by atoms with Crippen molar-refractivity contribution < 1.29 is 27.5 Å². The van der Waals surface area contributed by atoms with Crippen LogP contribution in [0, 0.1) is 6.92 Å². The third-order valence-electron chi connectivity index (χ3n) is 7.41. The average molecular weight is 664 g/mol. The lowest BCUT2D eigenvalue weighted by atomic mass is 10.0. The number of hydrogen-bond acceptors (Lipinski definition) is 6. The van der Waals surface area contributed by atoms with Gasteiger partial charge in [-0.3, -0.25) is 13.9 Å². The second kappa shape index (κ2) is 15.6. The van der Waals surface area contributed by atoms with Gasteiger partial charge in [-0.15, -0.1) is 0 Å². The summed E-state index contributed by atoms with van der Waals surface area (Å²) in [5, 5.41) is 3.32. The van der Waals surface area contributed by atoms with E-state index in [0.717, 1.165) is 15.4 Å². The van der Waals surface area contributed by atoms with Crippen LogP contribution in [-0.2, 0) is 32.6 Å². The summed E-state index contributed by atoms with van der Waals surface area (Å²) in [5.74, 6) is -0.346. The lowest BCUT2D eigenvalue weighted by molar-refractivity contribution is -0.140. The molecule has 1 N–H and O–H groups in total. The molecule has 242 valence electrons. The van der Waals surface area contributed by atoms with Gasteiger partial charge in [-0.2, -0.15) is 0 Å². The number of nitrogens with zero attached hydrogens (tertiary/aromatic N) is 2. The van der Waals surface area contributed by atoms with E-state index in [1.807, 2.05) is 43.3 Å². The molecule has 4 aromatic carbocycles. The number of rotatable bonds is 14. The van der Waals surface area contributed by atoms with Crippen LogP contribution in [0.1, 0.15) is 23.6 Å². The van der Waals surface area contributed by atoms with E-state index in [1.54, 1.807) is 49.4 Å². The lowest BCUT2D eigenvalue weighted by Crippen LogP contribution is -2.53. The molecule has 0 aliphatic carbocycles. The van der Waals surface area contributed by atoms with E-state index in [-0.39, 0.29) is 35.2 Å². The second-order valence-corrected chi connectivity index (χ2v) is 12.9. The SMILES string of the molecule is CCNC(=O)[C@@H](Cc1ccccc1)N(Cc1cccc(Cl)c1)C(=O)CN(c1ccc(C)cc1)S(=O)(=O)c1ccc(OC)c(OC)c1. The highest BCUT2D eigenvalue weighted by molar-refractivity contribution is 7.92. The number of carbonyl (C=O) groups is 2. The van der Waals surface area contributed by atoms with Gasteiger partial charge >= 0.3 is 0 Å². The first-order chi connectivity index (χ1) is 22.1. The molecule has 0 spiro atoms. The van der Waals surface area contributed by atoms with Crippen molar-refractivity contribution in [3.8, 4) is 11.5 Å². The molecule has 0 saturated carbocycles. The number of methoxy groups -OCH3 is 2. The monoisotopic (exact) mass is 663 g/mol. The average Bonchev–Trinajstić information content (AvgIpc) is 3.05. The minimum absolute atomic E-state index is 0.0200. The Morgan fingerprint density at radius 3 is 2.15 bits per heavy atom. The fourth-order valence-electron chi connectivity index (χ4n) is 5.02. The van der Waals surface area contributed by atoms with Crippen molar-refractivity contribution >= 4 is 39.1 Å². The molecule has 0 radical (unpaired) electrons. The predicted molar refractivity (Wildman–Crippen MR) is 180 cm³/mol. The first kappa shape index (κ1) is 34.3. The van der Waals surface area contributed by atoms with Gasteiger partial charge in [-0.05, 0) is 61.4 Å². The fourth-order valence-corrected chi connectivity index (χ4v) is 6.67. The smallest absolute Gasteiger partial charge is 0.264 e. The van der Waals surface area contributed by atoms with E-state index in [1.165, 1.54) is 37.3 Å². The molecule has 0 bridgehead atoms. The minimum Gasteiger partial charge on any atom is -0.493 e. The Bertz CT molecular complexity index is 1750. The third-order valence-corrected chi connectivity index (χ3v) is 9.41. The highest BCUT2D eigenvalue weighted by Gasteiger charge is 2.35. The standard InChI is InChI=1S/C35H38ClN3O6S/c1-5-37-35(41)31(21-26-10-7-6-8-11-26)38(23-27-12-9-13-28(36)20-27)34(40)24-39(29-16-14-25(2)15-17-29)46(42,43)30-18-19-32(44-3)33(22-30)45-4/h6-20,22,31H,5,21,23-24H2,1-4H3,(H,37,41)/t31-/m1/s1. The van der Waals surface area contributed by atoms with Crippen LogP contribution in [-0.4, -0.2) is 58.5 Å². The van der Waals surface area contributed by atoms with E-state index in [0.29, 0.717) is 22.9 Å². The number of sulfonamides is 1. The Labute approximate surface area is 275 Å². The molecule has 1 atom stereocenters. The van der Waals surface area contributed by atoms with Gasteiger partial charge in [0.25, 0.3) is 10.0 Å². The van der Waals surface area contributed by atoms with Gasteiger partial charge in [0.05, 0.1) is 24.8 Å². The van der Waals surface area contributed by atoms with E-state index >= 15 is 0 Å². The molecule has 4 rings (SSSR count). The Kier molecular flexibility index (Phi) is 11.7. The van der Waals surface area contributed by atoms with Gasteiger partial charge in [0.15, 0.2) is 11.5 Å². The molecule has 46 heavy (non-hydrogen) atoms. The highest BCUT2D eigenvalue weighted by Crippen LogP contribution is 2.32. The molecule has 0 aromatic heterocycles. The molecule has 4 aromatic rings. The zero-order valence-corrected chi connectivity index (χ0v) is 27.8. The Morgan fingerprint density at radius 1 is 0.848 bits per heavy atom. The molecule has 0 saturated heterocycles. The number of anilines is 1. The summed E-state index contributed by atoms with van der Waals surface area (Å²) < 4.78 is 40.3. The topological polar surface area (TPSA) is 105 Å². The van der Waals surface area contributed by atoms with Crippen LogP contribution in [0.15, 0.2) is 102 Å². The van der Waals surface area contributed by atoms with Crippen molar-refractivity contribution in [1.29, 1.82) is 0 Å². The third kappa shape index (κ3) is 8.38. The van der Waals surface area contributed by atoms with Crippen molar-refractivity contribution in [2.75, 3.05) is 31.6 Å². The maximum Gasteiger partial charge on any atom is 0.264 e. The van der Waals surface area contributed by atoms with Gasteiger partial charge in [-0.1, -0.05) is 71.8 Å². The molecular weight excluding hydrogens is 626 g/mol. The summed E-state index contributed by atoms with van der Waals surface area (Å²) in [6, 6.07) is 26.5. The Morgan fingerprint density at radius 2 is 1.52 bits per heavy atom. The van der Waals surface area contributed by atoms with Crippen molar-refractivity contribution in [3.05, 3.63) is 119 Å². The number of amides is 2. The van der Waals surface area contributed by atoms with E-state index < -0.39 is 28.5 Å². The minimum atomic E-state index is -4.32. The Balaban J connectivity index is 1.82. The molecule has 2 amide bonds. The second-order valence-electron chi connectivity index (χ2n) is 10.6. The van der Waals surface area contributed by atoms with Crippen molar-refractivity contribution in [3.63, 3.8) is 0 Å². The first-order valence-corrected chi connectivity index (χ1v) is 16.6. The van der Waals surface area contributed by atoms with Crippen LogP contribution in [0.3, 0.4) is 0 Å². The van der Waals surface area contributed by atoms with E-state index in [9.17, 15) is 18.0 Å². The molecule has 11 heteroatoms. The fraction of sp³-hybridized carbons (Fsp3) is 0.257. The van der Waals surface area contributed by atoms with Crippen LogP contribution >= 0.6 is 11.6 Å². The molecule has 9 nitrogen and oxygen atoms in total. The number of benzene rings is 4. The highest BCUT2D eigenvalue weighted by atomic mass is 35.5. The Hall–Kier alpha value is -4.54. The maximum absolute atomic E-state index is 14.5. The summed E-state index contributed by atoms with van der Waals surface area (Å²) in [7, 11) is -1.45. The van der Waals surface area contributed by atoms with Gasteiger partial charge < -0.3 is 19.7 Å². The predicted octanol–water partition coefficient (Wildman–Crippen LogP) is 5.64. The summed E-state index contributed by atoms with van der Waals surface area (Å²) in [4.78, 5) is 29.4. The normalized spacial score (nSPS) is 11.8. The number of nitrogens with one attached hydrogen (secondary N) is 1. The summed E-state index contributed by atoms with van der Waals surface area (Å²) >= 11 is 6.29. The van der Waals surface area contributed by atoms with Crippen LogP contribution < -0.4 is 19.1 Å². The van der Waals surface area contributed by atoms with Crippen LogP contribution in [0.5, 0.6) is 11.5 Å². The van der Waals surface area contributed by atoms with Crippen LogP contribution in [0.4, 0.5) is 5.69 Å². The first-order valence-electron chi connectivity index (χ1n) is 14.7. The maximum atomic E-state index is 14.5. The number of likely N-dealkylation sites (N-methyl/N-ethyl adjacent to an activating group) is 1. The van der Waals surface area contributed by atoms with Gasteiger partial charge in [0.2, 0.25) is 11.8 Å². The largest absolute Gasteiger partial charge is 0.493 e. The number of carbonyl (C=O) groups excluding carboxylic acids is 2. The zero-order chi connectivity index (χ0) is 33.3. The summed E-state index contributed by atoms with van der Waals surface area (Å²) in [6.45, 7) is 3.48. The lowest BCUT2D eigenvalue weighted by Gasteiger charge is -2.34. The van der Waals surface area contributed by atoms with Crippen molar-refractivity contribution in [1.82, 2.24) is 10.2 Å². The molecule has 0 fully saturated rings. The molecule has 0 heterocycles. The van der Waals surface area contributed by atoms with Crippen LogP contribution in [0.2, 0.25) is 5.02 Å². The van der Waals surface area contributed by atoms with Crippen molar-refractivity contribution in [2.45, 2.75) is 37.8 Å². The number of ether oxygens (including phenoxy) is 2. The van der Waals surface area contributed by atoms with E-state index in [4.69, 9.17) is 21.1 Å². The summed E-state index contributed by atoms with van der Waals surface area (Å²) in [5.41, 5.74) is 2.73. The molecule has 0 aliphatic rings. The molecule has 0 unspecified atom stereocenters. The number of aryl methyl sites for hydroxylation is 1. The number of halogens is 1. The van der Waals surface area contributed by atoms with Crippen LogP contribution in [0.25, 0.3) is 0 Å². The van der Waals surface area contributed by atoms with Gasteiger partial charge in [0, 0.05) is 30.6 Å². The summed E-state index contributed by atoms with van der Waals surface area (Å²) in [6.07, 6.45) is 0.214. The quantitative estimate of drug-likeness (QED) is 0.187. The van der Waals surface area contributed by atoms with Gasteiger partial charge in [0.1, 0.15) is 12.6 Å². The molecular formula is C35H38ClN3O6S. The molecule has 0 aliphatic heterocycles. The zero-order valence-electron chi connectivity index (χ0n) is 26.3. The number of hydrogen-bond donors (Lipinski definition) is 1.